The first-order valence-electron chi connectivity index (χ1n) is 17.1. The van der Waals surface area contributed by atoms with E-state index < -0.39 is 94.7 Å². The number of likely N-dealkylation sites (N-methyl/N-ethyl adjacent to an activating group) is 2. The highest BCUT2D eigenvalue weighted by molar-refractivity contribution is 6.31. The molecule has 0 amide bonds. The topological polar surface area (TPSA) is 199 Å². The molecule has 0 unspecified atom stereocenters. The number of fused-ring (bicyclic) bond motifs is 3. The van der Waals surface area contributed by atoms with Crippen molar-refractivity contribution >= 4 is 11.6 Å². The van der Waals surface area contributed by atoms with Crippen LogP contribution in [0.2, 0.25) is 0 Å². The fourth-order valence-electron chi connectivity index (χ4n) is 8.05. The van der Waals surface area contributed by atoms with Crippen molar-refractivity contribution < 1.29 is 59.2 Å². The van der Waals surface area contributed by atoms with Crippen LogP contribution in [0.5, 0.6) is 17.2 Å². The molecule has 274 valence electrons. The van der Waals surface area contributed by atoms with E-state index in [9.17, 15) is 40.2 Å². The standard InChI is InChI=1S/C36H48N2O12/c1-8-36(46)14-21(49-22-12-18(37(4)5)29(40)15(2)47-22)25-28(35(36)50-23-13-19(38(6)7)30(41)16(3)48-23)34(45)26-27(33(25)44)32(43)24-17(31(26)42)10-9-11-20(24)39/h9-11,15-16,18-19,21-23,29-30,35,39-41,44-46H,8,12-14H2,1-7H3/t15-,16+,18-,19-,21+,22-,23+,29+,30-,35-,36-/m1/s1. The Morgan fingerprint density at radius 2 is 1.32 bits per heavy atom. The van der Waals surface area contributed by atoms with E-state index in [2.05, 4.69) is 0 Å². The van der Waals surface area contributed by atoms with Gasteiger partial charge in [-0.2, -0.15) is 0 Å². The van der Waals surface area contributed by atoms with E-state index in [1.165, 1.54) is 18.2 Å². The Morgan fingerprint density at radius 3 is 1.86 bits per heavy atom. The van der Waals surface area contributed by atoms with E-state index in [0.717, 1.165) is 0 Å². The van der Waals surface area contributed by atoms with Gasteiger partial charge >= 0.3 is 0 Å². The maximum atomic E-state index is 14.0. The highest BCUT2D eigenvalue weighted by Crippen LogP contribution is 2.58. The van der Waals surface area contributed by atoms with Crippen LogP contribution in [0.25, 0.3) is 0 Å². The van der Waals surface area contributed by atoms with Crippen LogP contribution in [0.3, 0.4) is 0 Å². The lowest BCUT2D eigenvalue weighted by molar-refractivity contribution is -0.289. The van der Waals surface area contributed by atoms with Gasteiger partial charge in [0, 0.05) is 48.0 Å². The first-order valence-corrected chi connectivity index (χ1v) is 17.1. The molecule has 2 saturated heterocycles. The maximum absolute atomic E-state index is 14.0. The summed E-state index contributed by atoms with van der Waals surface area (Å²) in [4.78, 5) is 31.6. The van der Waals surface area contributed by atoms with Crippen molar-refractivity contribution in [3.05, 3.63) is 51.6 Å². The molecule has 6 N–H and O–H groups in total. The molecule has 2 aromatic carbocycles. The van der Waals surface area contributed by atoms with Gasteiger partial charge in [-0.3, -0.25) is 9.59 Å². The zero-order valence-corrected chi connectivity index (χ0v) is 29.4. The molecule has 2 fully saturated rings. The molecule has 11 atom stereocenters. The first kappa shape index (κ1) is 36.6. The van der Waals surface area contributed by atoms with Crippen molar-refractivity contribution in [3.8, 4) is 17.2 Å². The maximum Gasteiger partial charge on any atom is 0.202 e. The molecule has 0 bridgehead atoms. The van der Waals surface area contributed by atoms with Gasteiger partial charge in [-0.1, -0.05) is 19.1 Å². The number of aromatic hydroxyl groups is 3. The van der Waals surface area contributed by atoms with Gasteiger partial charge in [0.15, 0.2) is 18.4 Å². The minimum absolute atomic E-state index is 0.0702. The Kier molecular flexibility index (Phi) is 9.82. The van der Waals surface area contributed by atoms with Gasteiger partial charge in [0.2, 0.25) is 5.78 Å². The van der Waals surface area contributed by atoms with E-state index in [1.54, 1.807) is 20.8 Å². The van der Waals surface area contributed by atoms with Crippen LogP contribution in [-0.4, -0.2) is 135 Å². The summed E-state index contributed by atoms with van der Waals surface area (Å²) in [6.45, 7) is 5.12. The van der Waals surface area contributed by atoms with Crippen molar-refractivity contribution in [2.24, 2.45) is 0 Å². The lowest BCUT2D eigenvalue weighted by Crippen LogP contribution is -2.55. The Hall–Kier alpha value is -3.18. The predicted molar refractivity (Wildman–Crippen MR) is 177 cm³/mol. The smallest absolute Gasteiger partial charge is 0.202 e. The monoisotopic (exact) mass is 700 g/mol. The average molecular weight is 701 g/mol. The highest BCUT2D eigenvalue weighted by atomic mass is 16.7. The third-order valence-corrected chi connectivity index (χ3v) is 11.0. The number of aliphatic hydroxyl groups excluding tert-OH is 2. The third-order valence-electron chi connectivity index (χ3n) is 11.0. The number of hydrogen-bond acceptors (Lipinski definition) is 14. The van der Waals surface area contributed by atoms with Crippen LogP contribution in [-0.2, 0) is 18.9 Å². The molecule has 0 aromatic heterocycles. The predicted octanol–water partition coefficient (Wildman–Crippen LogP) is 2.09. The summed E-state index contributed by atoms with van der Waals surface area (Å²) < 4.78 is 25.1. The quantitative estimate of drug-likeness (QED) is 0.196. The van der Waals surface area contributed by atoms with Gasteiger partial charge < -0.3 is 59.4 Å². The van der Waals surface area contributed by atoms with Crippen LogP contribution in [0.15, 0.2) is 18.2 Å². The van der Waals surface area contributed by atoms with E-state index in [4.69, 9.17) is 18.9 Å². The number of phenolic OH excluding ortho intramolecular Hbond substituents is 3. The van der Waals surface area contributed by atoms with Crippen molar-refractivity contribution in [1.82, 2.24) is 9.80 Å². The van der Waals surface area contributed by atoms with Gasteiger partial charge in [-0.05, 0) is 54.5 Å². The molecule has 4 aliphatic rings. The van der Waals surface area contributed by atoms with E-state index in [0.29, 0.717) is 0 Å². The van der Waals surface area contributed by atoms with Crippen LogP contribution >= 0.6 is 0 Å². The van der Waals surface area contributed by atoms with Crippen LogP contribution in [0, 0.1) is 0 Å². The Balaban J connectivity index is 1.52. The summed E-state index contributed by atoms with van der Waals surface area (Å²) >= 11 is 0. The summed E-state index contributed by atoms with van der Waals surface area (Å²) in [5, 5.41) is 68.8. The summed E-state index contributed by atoms with van der Waals surface area (Å²) in [5.41, 5.74) is -3.47. The van der Waals surface area contributed by atoms with E-state index in [1.807, 2.05) is 38.0 Å². The van der Waals surface area contributed by atoms with Gasteiger partial charge in [0.05, 0.1) is 52.8 Å². The van der Waals surface area contributed by atoms with Crippen LogP contribution in [0.4, 0.5) is 0 Å². The Bertz CT molecular complexity index is 1660. The number of carbonyl (C=O) groups is 2. The molecule has 50 heavy (non-hydrogen) atoms. The largest absolute Gasteiger partial charge is 0.507 e. The third kappa shape index (κ3) is 5.90. The minimum Gasteiger partial charge on any atom is -0.507 e. The summed E-state index contributed by atoms with van der Waals surface area (Å²) in [5.74, 6) is -3.49. The van der Waals surface area contributed by atoms with Gasteiger partial charge in [-0.15, -0.1) is 0 Å². The van der Waals surface area contributed by atoms with Crippen molar-refractivity contribution in [2.75, 3.05) is 28.2 Å². The van der Waals surface area contributed by atoms with Crippen LogP contribution in [0.1, 0.15) is 102 Å². The van der Waals surface area contributed by atoms with E-state index >= 15 is 0 Å². The normalized spacial score (nSPS) is 35.6. The lowest BCUT2D eigenvalue weighted by atomic mass is 9.70. The molecular formula is C36H48N2O12. The Labute approximate surface area is 290 Å². The summed E-state index contributed by atoms with van der Waals surface area (Å²) in [7, 11) is 7.25. The van der Waals surface area contributed by atoms with Crippen molar-refractivity contribution in [1.29, 1.82) is 0 Å². The molecule has 6 rings (SSSR count). The van der Waals surface area contributed by atoms with Gasteiger partial charge in [0.25, 0.3) is 0 Å². The minimum atomic E-state index is -1.77. The second-order valence-electron chi connectivity index (χ2n) is 14.5. The Morgan fingerprint density at radius 1 is 0.800 bits per heavy atom. The second-order valence-corrected chi connectivity index (χ2v) is 14.5. The number of hydrogen-bond donors (Lipinski definition) is 6. The molecule has 2 heterocycles. The first-order chi connectivity index (χ1) is 23.5. The molecule has 14 nitrogen and oxygen atoms in total. The lowest BCUT2D eigenvalue weighted by Gasteiger charge is -2.48. The summed E-state index contributed by atoms with van der Waals surface area (Å²) in [6.07, 6.45) is -7.20. The number of benzene rings is 2. The average Bonchev–Trinajstić information content (AvgIpc) is 3.05. The number of aliphatic hydroxyl groups is 3. The number of carbonyl (C=O) groups excluding carboxylic acids is 2. The number of ketones is 2. The number of ether oxygens (including phenoxy) is 4. The molecular weight excluding hydrogens is 652 g/mol. The van der Waals surface area contributed by atoms with Crippen LogP contribution < -0.4 is 0 Å². The van der Waals surface area contributed by atoms with Gasteiger partial charge in [0.1, 0.15) is 23.4 Å². The highest BCUT2D eigenvalue weighted by Gasteiger charge is 2.54. The fraction of sp³-hybridized carbons (Fsp3) is 0.611. The number of phenols is 3. The molecule has 0 spiro atoms. The molecule has 2 aliphatic heterocycles. The van der Waals surface area contributed by atoms with Crippen molar-refractivity contribution in [3.63, 3.8) is 0 Å². The molecule has 2 aromatic rings. The molecule has 2 aliphatic carbocycles. The van der Waals surface area contributed by atoms with Gasteiger partial charge in [-0.25, -0.2) is 0 Å². The SMILES string of the molecule is CC[C@@]1(O)C[C@H](O[C@@H]2C[C@@H](N(C)C)[C@@H](O)[C@@H](C)O2)c2c(O)c3c(c(O)c2[C@H]1O[C@H]1C[C@@H](N(C)C)[C@H](O)[C@H](C)O1)C(=O)c1cccc(O)c1C3=O. The number of rotatable bonds is 7. The molecule has 0 saturated carbocycles. The number of nitrogens with zero attached hydrogens (tertiary/aromatic N) is 2. The van der Waals surface area contributed by atoms with Crippen molar-refractivity contribution in [2.45, 2.75) is 113 Å². The summed E-state index contributed by atoms with van der Waals surface area (Å²) in [6, 6.07) is 3.25. The van der Waals surface area contributed by atoms with E-state index in [-0.39, 0.29) is 60.0 Å². The fourth-order valence-corrected chi connectivity index (χ4v) is 8.05. The second kappa shape index (κ2) is 13.4. The molecule has 0 radical (unpaired) electrons. The zero-order valence-electron chi connectivity index (χ0n) is 29.4. The molecule has 14 heteroatoms. The zero-order chi connectivity index (χ0) is 36.6.